The summed E-state index contributed by atoms with van der Waals surface area (Å²) in [5.74, 6) is -0.676. The fourth-order valence-corrected chi connectivity index (χ4v) is 3.84. The van der Waals surface area contributed by atoms with E-state index < -0.39 is 0 Å². The number of rotatable bonds is 7. The summed E-state index contributed by atoms with van der Waals surface area (Å²) in [5, 5.41) is 10.5. The number of benzene rings is 1. The second-order valence-electron chi connectivity index (χ2n) is 6.82. The van der Waals surface area contributed by atoms with E-state index in [1.54, 1.807) is 29.6 Å². The molecule has 8 heteroatoms. The van der Waals surface area contributed by atoms with Crippen molar-refractivity contribution < 1.29 is 14.4 Å². The zero-order chi connectivity index (χ0) is 19.8. The van der Waals surface area contributed by atoms with Gasteiger partial charge < -0.3 is 10.6 Å². The van der Waals surface area contributed by atoms with Crippen LogP contribution < -0.4 is 16.0 Å². The minimum Gasteiger partial charge on any atom is -0.352 e. The van der Waals surface area contributed by atoms with Crippen molar-refractivity contribution in [3.63, 3.8) is 0 Å². The Morgan fingerprint density at radius 1 is 1.04 bits per heavy atom. The van der Waals surface area contributed by atoms with E-state index in [1.807, 2.05) is 6.07 Å². The summed E-state index contributed by atoms with van der Waals surface area (Å²) < 4.78 is 0. The number of hydrogen-bond acceptors (Lipinski definition) is 5. The number of nitrogens with zero attached hydrogens (tertiary/aromatic N) is 1. The maximum absolute atomic E-state index is 12.1. The van der Waals surface area contributed by atoms with Crippen LogP contribution in [-0.4, -0.2) is 35.3 Å². The van der Waals surface area contributed by atoms with Crippen molar-refractivity contribution in [1.29, 1.82) is 0 Å². The number of thiazole rings is 1. The van der Waals surface area contributed by atoms with E-state index in [1.165, 1.54) is 17.8 Å². The highest BCUT2D eigenvalue weighted by Crippen LogP contribution is 2.18. The quantitative estimate of drug-likeness (QED) is 0.665. The van der Waals surface area contributed by atoms with Gasteiger partial charge in [-0.3, -0.25) is 19.7 Å². The minimum atomic E-state index is -0.273. The number of aromatic nitrogens is 1. The number of nitrogens with one attached hydrogen (secondary N) is 3. The predicted octanol–water partition coefficient (Wildman–Crippen LogP) is 2.50. The summed E-state index contributed by atoms with van der Waals surface area (Å²) in [4.78, 5) is 40.4. The van der Waals surface area contributed by atoms with Crippen LogP contribution in [0.25, 0.3) is 0 Å². The molecule has 28 heavy (non-hydrogen) atoms. The van der Waals surface area contributed by atoms with Gasteiger partial charge in [0.15, 0.2) is 5.13 Å². The first-order chi connectivity index (χ1) is 13.6. The first-order valence-electron chi connectivity index (χ1n) is 9.47. The topological polar surface area (TPSA) is 100 Å². The van der Waals surface area contributed by atoms with Crippen LogP contribution >= 0.6 is 11.3 Å². The lowest BCUT2D eigenvalue weighted by Gasteiger charge is -2.22. The van der Waals surface area contributed by atoms with Gasteiger partial charge in [-0.15, -0.1) is 11.3 Å². The van der Waals surface area contributed by atoms with E-state index in [0.717, 1.165) is 25.7 Å². The van der Waals surface area contributed by atoms with Crippen LogP contribution in [0.4, 0.5) is 5.13 Å². The number of hydrogen-bond donors (Lipinski definition) is 3. The maximum Gasteiger partial charge on any atom is 0.257 e. The Morgan fingerprint density at radius 2 is 1.79 bits per heavy atom. The molecule has 1 fully saturated rings. The monoisotopic (exact) mass is 400 g/mol. The van der Waals surface area contributed by atoms with Gasteiger partial charge in [-0.1, -0.05) is 37.5 Å². The molecule has 1 aromatic heterocycles. The zero-order valence-corrected chi connectivity index (χ0v) is 16.4. The second-order valence-corrected chi connectivity index (χ2v) is 7.68. The molecule has 3 rings (SSSR count). The van der Waals surface area contributed by atoms with Crippen LogP contribution in [0.5, 0.6) is 0 Å². The van der Waals surface area contributed by atoms with E-state index in [-0.39, 0.29) is 36.7 Å². The highest BCUT2D eigenvalue weighted by molar-refractivity contribution is 7.14. The van der Waals surface area contributed by atoms with Gasteiger partial charge in [-0.25, -0.2) is 4.98 Å². The average Bonchev–Trinajstić information content (AvgIpc) is 3.14. The fourth-order valence-electron chi connectivity index (χ4n) is 3.14. The van der Waals surface area contributed by atoms with Crippen LogP contribution in [0, 0.1) is 0 Å². The van der Waals surface area contributed by atoms with Crippen molar-refractivity contribution in [3.8, 4) is 0 Å². The molecule has 1 aliphatic rings. The molecule has 3 N–H and O–H groups in total. The first-order valence-corrected chi connectivity index (χ1v) is 10.3. The molecule has 1 heterocycles. The van der Waals surface area contributed by atoms with Gasteiger partial charge in [-0.05, 0) is 25.0 Å². The van der Waals surface area contributed by atoms with E-state index in [9.17, 15) is 14.4 Å². The predicted molar refractivity (Wildman–Crippen MR) is 108 cm³/mol. The van der Waals surface area contributed by atoms with E-state index in [2.05, 4.69) is 20.9 Å². The number of carbonyl (C=O) groups excluding carboxylic acids is 3. The number of anilines is 1. The Hall–Kier alpha value is -2.74. The van der Waals surface area contributed by atoms with E-state index in [4.69, 9.17) is 0 Å². The molecule has 7 nitrogen and oxygen atoms in total. The van der Waals surface area contributed by atoms with Gasteiger partial charge in [0.05, 0.1) is 18.7 Å². The highest BCUT2D eigenvalue weighted by atomic mass is 32.1. The molecule has 0 unspecified atom stereocenters. The molecule has 0 aliphatic heterocycles. The lowest BCUT2D eigenvalue weighted by molar-refractivity contribution is -0.126. The molecule has 0 bridgehead atoms. The molecule has 0 saturated heterocycles. The van der Waals surface area contributed by atoms with Crippen molar-refractivity contribution in [2.75, 3.05) is 11.9 Å². The molecular formula is C20H24N4O3S. The highest BCUT2D eigenvalue weighted by Gasteiger charge is 2.16. The van der Waals surface area contributed by atoms with Gasteiger partial charge >= 0.3 is 0 Å². The third-order valence-corrected chi connectivity index (χ3v) is 5.37. The van der Waals surface area contributed by atoms with Gasteiger partial charge in [0.25, 0.3) is 5.91 Å². The summed E-state index contributed by atoms with van der Waals surface area (Å²) in [5.41, 5.74) is 1.10. The molecule has 0 spiro atoms. The molecule has 1 saturated carbocycles. The molecule has 2 aromatic rings. The normalized spacial score (nSPS) is 14.3. The Kier molecular flexibility index (Phi) is 7.13. The van der Waals surface area contributed by atoms with Crippen molar-refractivity contribution in [3.05, 3.63) is 47.0 Å². The maximum atomic E-state index is 12.1. The molecule has 148 valence electrons. The summed E-state index contributed by atoms with van der Waals surface area (Å²) >= 11 is 1.26. The lowest BCUT2D eigenvalue weighted by Crippen LogP contribution is -2.43. The summed E-state index contributed by atoms with van der Waals surface area (Å²) in [6, 6.07) is 9.08. The molecule has 3 amide bonds. The molecular weight excluding hydrogens is 376 g/mol. The molecule has 1 aromatic carbocycles. The summed E-state index contributed by atoms with van der Waals surface area (Å²) in [6.07, 6.45) is 5.60. The lowest BCUT2D eigenvalue weighted by atomic mass is 9.95. The summed E-state index contributed by atoms with van der Waals surface area (Å²) in [7, 11) is 0. The van der Waals surface area contributed by atoms with E-state index >= 15 is 0 Å². The van der Waals surface area contributed by atoms with E-state index in [0.29, 0.717) is 16.4 Å². The Labute approximate surface area is 167 Å². The standard InChI is InChI=1S/C20H24N4O3S/c25-17(21-12-18(26)22-15-9-5-2-6-10-15)11-16-13-28-20(23-16)24-19(27)14-7-3-1-4-8-14/h1,3-4,7-8,13,15H,2,5-6,9-12H2,(H,21,25)(H,22,26)(H,23,24,27). The van der Waals surface area contributed by atoms with Crippen LogP contribution in [0.1, 0.15) is 48.2 Å². The van der Waals surface area contributed by atoms with Crippen molar-refractivity contribution in [2.45, 2.75) is 44.6 Å². The molecule has 0 atom stereocenters. The average molecular weight is 401 g/mol. The fraction of sp³-hybridized carbons (Fsp3) is 0.400. The zero-order valence-electron chi connectivity index (χ0n) is 15.6. The Bertz CT molecular complexity index is 816. The summed E-state index contributed by atoms with van der Waals surface area (Å²) in [6.45, 7) is -0.0307. The largest absolute Gasteiger partial charge is 0.352 e. The number of carbonyl (C=O) groups is 3. The van der Waals surface area contributed by atoms with Gasteiger partial charge in [-0.2, -0.15) is 0 Å². The van der Waals surface area contributed by atoms with Crippen molar-refractivity contribution in [2.24, 2.45) is 0 Å². The minimum absolute atomic E-state index is 0.0307. The molecule has 0 radical (unpaired) electrons. The van der Waals surface area contributed by atoms with Crippen LogP contribution in [0.3, 0.4) is 0 Å². The smallest absolute Gasteiger partial charge is 0.257 e. The van der Waals surface area contributed by atoms with Gasteiger partial charge in [0, 0.05) is 17.0 Å². The Balaban J connectivity index is 1.41. The molecule has 1 aliphatic carbocycles. The van der Waals surface area contributed by atoms with Crippen LogP contribution in [0.15, 0.2) is 35.7 Å². The van der Waals surface area contributed by atoms with Gasteiger partial charge in [0.2, 0.25) is 11.8 Å². The third-order valence-electron chi connectivity index (χ3n) is 4.57. The second kappa shape index (κ2) is 9.98. The van der Waals surface area contributed by atoms with Gasteiger partial charge in [0.1, 0.15) is 0 Å². The van der Waals surface area contributed by atoms with Crippen LogP contribution in [-0.2, 0) is 16.0 Å². The third kappa shape index (κ3) is 6.16. The SMILES string of the molecule is O=C(Cc1csc(NC(=O)c2ccccc2)n1)NCC(=O)NC1CCCCC1. The van der Waals surface area contributed by atoms with Crippen LogP contribution in [0.2, 0.25) is 0 Å². The van der Waals surface area contributed by atoms with Crippen molar-refractivity contribution in [1.82, 2.24) is 15.6 Å². The van der Waals surface area contributed by atoms with Crippen molar-refractivity contribution >= 4 is 34.2 Å². The first kappa shape index (κ1) is 20.0. The Morgan fingerprint density at radius 3 is 2.54 bits per heavy atom. The number of amides is 3.